The molecule has 0 fully saturated rings. The van der Waals surface area contributed by atoms with Crippen molar-refractivity contribution < 1.29 is 56.1 Å². The molecule has 3 amide bonds. The molecule has 0 aliphatic heterocycles. The minimum Gasteiger partial charge on any atom is -0.481 e. The van der Waals surface area contributed by atoms with E-state index in [1.54, 1.807) is 42.5 Å². The minimum absolute atomic E-state index is 0.0784. The summed E-state index contributed by atoms with van der Waals surface area (Å²) in [4.78, 5) is 62.3. The van der Waals surface area contributed by atoms with E-state index >= 15 is 0 Å². The summed E-state index contributed by atoms with van der Waals surface area (Å²) >= 11 is 0. The molecule has 0 radical (unpaired) electrons. The lowest BCUT2D eigenvalue weighted by molar-refractivity contribution is -0.141. The maximum Gasteiger partial charge on any atom is 0.313 e. The van der Waals surface area contributed by atoms with Crippen LogP contribution in [0, 0.1) is 29.2 Å². The summed E-state index contributed by atoms with van der Waals surface area (Å²) in [6.45, 7) is 1.67. The number of carboxylic acids is 1. The molecule has 45 heavy (non-hydrogen) atoms. The Bertz CT molecular complexity index is 1560. The van der Waals surface area contributed by atoms with Gasteiger partial charge in [-0.15, -0.1) is 0 Å². The number of carbonyl (C=O) groups is 5. The van der Waals surface area contributed by atoms with E-state index < -0.39 is 89.5 Å². The third-order valence-electron chi connectivity index (χ3n) is 6.03. The second-order valence-electron chi connectivity index (χ2n) is 9.80. The van der Waals surface area contributed by atoms with Crippen LogP contribution in [0.5, 0.6) is 17.2 Å². The zero-order valence-electron chi connectivity index (χ0n) is 23.7. The lowest BCUT2D eigenvalue weighted by Gasteiger charge is -2.24. The number of anilines is 1. The molecular weight excluding hydrogens is 606 g/mol. The molecule has 15 heteroatoms. The number of hydrogen-bond donors (Lipinski definition) is 4. The first-order valence-electron chi connectivity index (χ1n) is 13.2. The van der Waals surface area contributed by atoms with Crippen molar-refractivity contribution in [2.75, 3.05) is 11.9 Å². The number of hydrogen-bond acceptors (Lipinski definition) is 7. The average Bonchev–Trinajstić information content (AvgIpc) is 2.98. The molecular formula is C30H27F4N3O8. The van der Waals surface area contributed by atoms with Crippen LogP contribution in [0.15, 0.2) is 60.7 Å². The predicted octanol–water partition coefficient (Wildman–Crippen LogP) is 3.72. The van der Waals surface area contributed by atoms with Gasteiger partial charge in [-0.3, -0.25) is 24.0 Å². The molecule has 238 valence electrons. The van der Waals surface area contributed by atoms with Crippen LogP contribution in [0.2, 0.25) is 0 Å². The molecule has 3 aromatic carbocycles. The Morgan fingerprint density at radius 2 is 1.42 bits per heavy atom. The van der Waals surface area contributed by atoms with Crippen molar-refractivity contribution in [2.24, 2.45) is 5.92 Å². The monoisotopic (exact) mass is 633 g/mol. The van der Waals surface area contributed by atoms with Crippen molar-refractivity contribution in [3.05, 3.63) is 83.9 Å². The van der Waals surface area contributed by atoms with Gasteiger partial charge in [0.1, 0.15) is 30.2 Å². The van der Waals surface area contributed by atoms with Gasteiger partial charge in [0, 0.05) is 17.8 Å². The summed E-state index contributed by atoms with van der Waals surface area (Å²) in [5.41, 5.74) is 0.187. The molecule has 0 saturated heterocycles. The number of ketones is 1. The zero-order chi connectivity index (χ0) is 33.3. The van der Waals surface area contributed by atoms with Crippen molar-refractivity contribution in [1.29, 1.82) is 0 Å². The number of amides is 3. The molecule has 3 aromatic rings. The van der Waals surface area contributed by atoms with E-state index in [2.05, 4.69) is 20.7 Å². The Morgan fingerprint density at radius 1 is 0.800 bits per heavy atom. The molecule has 0 aliphatic rings. The van der Waals surface area contributed by atoms with Crippen LogP contribution >= 0.6 is 0 Å². The molecule has 0 aliphatic carbocycles. The van der Waals surface area contributed by atoms with E-state index in [0.29, 0.717) is 11.5 Å². The highest BCUT2D eigenvalue weighted by atomic mass is 19.2. The first-order chi connectivity index (χ1) is 21.3. The van der Waals surface area contributed by atoms with Crippen molar-refractivity contribution >= 4 is 35.2 Å². The molecule has 4 N–H and O–H groups in total. The fraction of sp³-hybridized carbons (Fsp3) is 0.233. The maximum atomic E-state index is 13.9. The fourth-order valence-electron chi connectivity index (χ4n) is 3.79. The highest BCUT2D eigenvalue weighted by Gasteiger charge is 2.32. The number of para-hydroxylation sites is 1. The van der Waals surface area contributed by atoms with Crippen LogP contribution in [-0.4, -0.2) is 53.3 Å². The maximum absolute atomic E-state index is 13.9. The molecule has 0 saturated carbocycles. The SMILES string of the molecule is CC(C)[C@H](NC(=O)C(=O)Nc1cccc(Oc2ccccc2)c1)C(=O)N[C@@H](CC(=O)O)C(=O)COc1c(F)c(F)cc(F)c1F. The van der Waals surface area contributed by atoms with E-state index in [1.807, 2.05) is 0 Å². The molecule has 0 unspecified atom stereocenters. The highest BCUT2D eigenvalue weighted by molar-refractivity contribution is 6.40. The van der Waals surface area contributed by atoms with Gasteiger partial charge in [-0.05, 0) is 30.2 Å². The normalized spacial score (nSPS) is 12.1. The Hall–Kier alpha value is -5.47. The number of aliphatic carboxylic acids is 1. The lowest BCUT2D eigenvalue weighted by Crippen LogP contribution is -2.56. The largest absolute Gasteiger partial charge is 0.481 e. The Morgan fingerprint density at radius 3 is 2.02 bits per heavy atom. The summed E-state index contributed by atoms with van der Waals surface area (Å²) in [6.07, 6.45) is -1.03. The van der Waals surface area contributed by atoms with E-state index in [1.165, 1.54) is 26.0 Å². The number of Topliss-reactive ketones (excluding diaryl/α,β-unsaturated/α-hetero) is 1. The zero-order valence-corrected chi connectivity index (χ0v) is 23.7. The van der Waals surface area contributed by atoms with Gasteiger partial charge in [-0.1, -0.05) is 38.1 Å². The number of rotatable bonds is 13. The third kappa shape index (κ3) is 9.51. The second kappa shape index (κ2) is 15.3. The van der Waals surface area contributed by atoms with E-state index in [-0.39, 0.29) is 11.8 Å². The van der Waals surface area contributed by atoms with Gasteiger partial charge in [-0.2, -0.15) is 8.78 Å². The van der Waals surface area contributed by atoms with Gasteiger partial charge in [-0.25, -0.2) is 8.78 Å². The summed E-state index contributed by atoms with van der Waals surface area (Å²) in [5, 5.41) is 15.9. The van der Waals surface area contributed by atoms with E-state index in [9.17, 15) is 46.6 Å². The van der Waals surface area contributed by atoms with Crippen LogP contribution in [0.25, 0.3) is 0 Å². The first-order valence-corrected chi connectivity index (χ1v) is 13.2. The van der Waals surface area contributed by atoms with Crippen molar-refractivity contribution in [2.45, 2.75) is 32.4 Å². The van der Waals surface area contributed by atoms with E-state index in [0.717, 1.165) is 0 Å². The van der Waals surface area contributed by atoms with Gasteiger partial charge in [0.25, 0.3) is 0 Å². The van der Waals surface area contributed by atoms with Gasteiger partial charge in [0.05, 0.1) is 6.42 Å². The second-order valence-corrected chi connectivity index (χ2v) is 9.80. The molecule has 0 heterocycles. The number of nitrogens with one attached hydrogen (secondary N) is 3. The number of halogens is 4. The van der Waals surface area contributed by atoms with Gasteiger partial charge >= 0.3 is 17.8 Å². The van der Waals surface area contributed by atoms with Crippen LogP contribution in [0.4, 0.5) is 23.2 Å². The van der Waals surface area contributed by atoms with Crippen LogP contribution in [0.3, 0.4) is 0 Å². The quantitative estimate of drug-likeness (QED) is 0.126. The van der Waals surface area contributed by atoms with Crippen LogP contribution < -0.4 is 25.4 Å². The summed E-state index contributed by atoms with van der Waals surface area (Å²) < 4.78 is 64.9. The summed E-state index contributed by atoms with van der Waals surface area (Å²) in [6, 6.07) is 11.4. The number of carbonyl (C=O) groups excluding carboxylic acids is 4. The highest BCUT2D eigenvalue weighted by Crippen LogP contribution is 2.27. The average molecular weight is 634 g/mol. The molecule has 0 aromatic heterocycles. The molecule has 0 bridgehead atoms. The topological polar surface area (TPSA) is 160 Å². The van der Waals surface area contributed by atoms with Crippen LogP contribution in [-0.2, 0) is 24.0 Å². The summed E-state index contributed by atoms with van der Waals surface area (Å²) in [5.74, 6) is -15.2. The Kier molecular flexibility index (Phi) is 11.6. The Labute approximate surface area is 253 Å². The summed E-state index contributed by atoms with van der Waals surface area (Å²) in [7, 11) is 0. The number of ether oxygens (including phenoxy) is 2. The fourth-order valence-corrected chi connectivity index (χ4v) is 3.79. The van der Waals surface area contributed by atoms with Crippen molar-refractivity contribution in [1.82, 2.24) is 10.6 Å². The number of benzene rings is 3. The van der Waals surface area contributed by atoms with Gasteiger partial charge in [0.15, 0.2) is 23.2 Å². The predicted molar refractivity (Wildman–Crippen MR) is 149 cm³/mol. The lowest BCUT2D eigenvalue weighted by atomic mass is 10.0. The Balaban J connectivity index is 1.66. The van der Waals surface area contributed by atoms with Crippen molar-refractivity contribution in [3.63, 3.8) is 0 Å². The standard InChI is InChI=1S/C30H27F4N3O8/c1-15(2)26(37-30(43)29(42)35-16-7-6-10-18(11-16)45-17-8-4-3-5-9-17)28(41)36-21(13-23(39)40)22(38)14-44-27-24(33)19(31)12-20(32)25(27)34/h3-12,15,21,26H,13-14H2,1-2H3,(H,35,42)(H,36,41)(H,37,43)(H,39,40)/t21-,26-/m0/s1. The minimum atomic E-state index is -1.93. The van der Waals surface area contributed by atoms with Crippen molar-refractivity contribution in [3.8, 4) is 17.2 Å². The molecule has 11 nitrogen and oxygen atoms in total. The third-order valence-corrected chi connectivity index (χ3v) is 6.03. The molecule has 0 spiro atoms. The molecule has 2 atom stereocenters. The van der Waals surface area contributed by atoms with E-state index in [4.69, 9.17) is 4.74 Å². The molecule has 3 rings (SSSR count). The van der Waals surface area contributed by atoms with Gasteiger partial charge in [0.2, 0.25) is 17.5 Å². The van der Waals surface area contributed by atoms with Gasteiger partial charge < -0.3 is 30.5 Å². The number of carboxylic acid groups (broad SMARTS) is 1. The first kappa shape index (κ1) is 34.0. The van der Waals surface area contributed by atoms with Crippen LogP contribution in [0.1, 0.15) is 20.3 Å². The smallest absolute Gasteiger partial charge is 0.313 e.